The second-order valence-electron chi connectivity index (χ2n) is 6.32. The maximum absolute atomic E-state index is 13.9. The zero-order valence-electron chi connectivity index (χ0n) is 15.3. The molecule has 1 heterocycles. The first-order valence-electron chi connectivity index (χ1n) is 8.63. The summed E-state index contributed by atoms with van der Waals surface area (Å²) in [6.07, 6.45) is 0. The highest BCUT2D eigenvalue weighted by Crippen LogP contribution is 2.25. The van der Waals surface area contributed by atoms with Crippen LogP contribution in [0.1, 0.15) is 24.1 Å². The van der Waals surface area contributed by atoms with Crippen molar-refractivity contribution in [2.75, 3.05) is 0 Å². The van der Waals surface area contributed by atoms with E-state index in [-0.39, 0.29) is 0 Å². The Morgan fingerprint density at radius 2 is 1.76 bits per heavy atom. The Bertz CT molecular complexity index is 1090. The van der Waals surface area contributed by atoms with Gasteiger partial charge >= 0.3 is 0 Å². The van der Waals surface area contributed by atoms with Gasteiger partial charge in [0, 0.05) is 5.02 Å². The molecule has 3 aromatic rings. The lowest BCUT2D eigenvalue weighted by atomic mass is 10.0. The van der Waals surface area contributed by atoms with Gasteiger partial charge in [0.25, 0.3) is 0 Å². The van der Waals surface area contributed by atoms with Crippen LogP contribution in [0, 0.1) is 5.82 Å². The molecule has 0 aliphatic carbocycles. The zero-order valence-corrected chi connectivity index (χ0v) is 17.7. The van der Waals surface area contributed by atoms with Crippen LogP contribution in [0.25, 0.3) is 0 Å². The zero-order chi connectivity index (χ0) is 21.0. The molecular formula is C20H18ClFN2O3S2. The molecule has 5 nitrogen and oxygen atoms in total. The number of benzene rings is 2. The van der Waals surface area contributed by atoms with Crippen LogP contribution in [0.4, 0.5) is 4.39 Å². The molecule has 29 heavy (non-hydrogen) atoms. The van der Waals surface area contributed by atoms with E-state index >= 15 is 0 Å². The lowest BCUT2D eigenvalue weighted by Crippen LogP contribution is -2.46. The molecule has 0 saturated heterocycles. The van der Waals surface area contributed by atoms with Gasteiger partial charge in [-0.3, -0.25) is 4.79 Å². The molecule has 152 valence electrons. The summed E-state index contributed by atoms with van der Waals surface area (Å²) in [5.41, 5.74) is 1.65. The lowest BCUT2D eigenvalue weighted by Gasteiger charge is -2.22. The fourth-order valence-corrected chi connectivity index (χ4v) is 4.83. The average molecular weight is 453 g/mol. The van der Waals surface area contributed by atoms with E-state index in [1.54, 1.807) is 24.3 Å². The van der Waals surface area contributed by atoms with Gasteiger partial charge in [-0.25, -0.2) is 12.8 Å². The number of carbonyl (C=O) groups excluding carboxylic acids is 1. The van der Waals surface area contributed by atoms with Gasteiger partial charge in [-0.15, -0.1) is 0 Å². The van der Waals surface area contributed by atoms with Crippen molar-refractivity contribution in [3.63, 3.8) is 0 Å². The van der Waals surface area contributed by atoms with Gasteiger partial charge in [0.05, 0.1) is 12.1 Å². The van der Waals surface area contributed by atoms with Gasteiger partial charge in [0.1, 0.15) is 10.7 Å². The minimum atomic E-state index is -4.20. The standard InChI is InChI=1S/C20H18ClFN2O3S2/c1-13(24-29(26,27)18-5-3-2-4-17(18)22)20(25)23-19(15-10-11-28-12-15)14-6-8-16(21)9-7-14/h2-13,19,24H,1H3,(H,23,25)/t13-,19?/m0/s1. The minimum Gasteiger partial charge on any atom is -0.344 e. The third-order valence-corrected chi connectivity index (χ3v) is 6.75. The average Bonchev–Trinajstić information content (AvgIpc) is 3.21. The number of sulfonamides is 1. The first-order valence-corrected chi connectivity index (χ1v) is 11.4. The third-order valence-electron chi connectivity index (χ3n) is 4.22. The van der Waals surface area contributed by atoms with Crippen molar-refractivity contribution >= 4 is 38.9 Å². The van der Waals surface area contributed by atoms with E-state index in [0.717, 1.165) is 23.3 Å². The predicted octanol–water partition coefficient (Wildman–Crippen LogP) is 4.11. The van der Waals surface area contributed by atoms with Crippen LogP contribution >= 0.6 is 22.9 Å². The number of thiophene rings is 1. The molecule has 0 fully saturated rings. The van der Waals surface area contributed by atoms with Gasteiger partial charge in [-0.05, 0) is 59.1 Å². The number of hydrogen-bond donors (Lipinski definition) is 2. The summed E-state index contributed by atoms with van der Waals surface area (Å²) in [4.78, 5) is 12.2. The Labute approximate surface area is 177 Å². The van der Waals surface area contributed by atoms with Gasteiger partial charge in [-0.2, -0.15) is 16.1 Å². The molecule has 9 heteroatoms. The molecule has 0 spiro atoms. The highest BCUT2D eigenvalue weighted by atomic mass is 35.5. The molecule has 0 radical (unpaired) electrons. The van der Waals surface area contributed by atoms with Crippen LogP contribution in [-0.4, -0.2) is 20.4 Å². The first kappa shape index (κ1) is 21.4. The molecule has 2 N–H and O–H groups in total. The minimum absolute atomic E-state index is 0.480. The molecule has 0 aliphatic rings. The second kappa shape index (κ2) is 9.04. The normalized spacial score (nSPS) is 13.6. The number of amides is 1. The number of hydrogen-bond acceptors (Lipinski definition) is 4. The van der Waals surface area contributed by atoms with Crippen molar-refractivity contribution in [1.29, 1.82) is 0 Å². The summed E-state index contributed by atoms with van der Waals surface area (Å²) in [5.74, 6) is -1.43. The molecule has 1 aromatic heterocycles. The third kappa shape index (κ3) is 5.22. The lowest BCUT2D eigenvalue weighted by molar-refractivity contribution is -0.122. The molecule has 1 amide bonds. The van der Waals surface area contributed by atoms with E-state index in [1.807, 2.05) is 16.8 Å². The molecular weight excluding hydrogens is 435 g/mol. The largest absolute Gasteiger partial charge is 0.344 e. The molecule has 0 aliphatic heterocycles. The van der Waals surface area contributed by atoms with Crippen molar-refractivity contribution in [2.24, 2.45) is 0 Å². The van der Waals surface area contributed by atoms with Crippen molar-refractivity contribution in [1.82, 2.24) is 10.0 Å². The van der Waals surface area contributed by atoms with Crippen LogP contribution in [0.3, 0.4) is 0 Å². The fourth-order valence-electron chi connectivity index (χ4n) is 2.73. The van der Waals surface area contributed by atoms with Crippen LogP contribution in [0.2, 0.25) is 5.02 Å². The van der Waals surface area contributed by atoms with Crippen molar-refractivity contribution in [2.45, 2.75) is 23.9 Å². The monoisotopic (exact) mass is 452 g/mol. The van der Waals surface area contributed by atoms with E-state index in [0.29, 0.717) is 5.02 Å². The Hall–Kier alpha value is -2.26. The number of carbonyl (C=O) groups is 1. The second-order valence-corrected chi connectivity index (χ2v) is 9.22. The summed E-state index contributed by atoms with van der Waals surface area (Å²) in [7, 11) is -4.20. The SMILES string of the molecule is C[C@H](NS(=O)(=O)c1ccccc1F)C(=O)NC(c1ccc(Cl)cc1)c1ccsc1. The Morgan fingerprint density at radius 3 is 2.38 bits per heavy atom. The Morgan fingerprint density at radius 1 is 1.07 bits per heavy atom. The summed E-state index contributed by atoms with van der Waals surface area (Å²) in [6, 6.07) is 12.3. The van der Waals surface area contributed by atoms with Crippen LogP contribution < -0.4 is 10.0 Å². The highest BCUT2D eigenvalue weighted by Gasteiger charge is 2.26. The number of rotatable bonds is 7. The Kier molecular flexibility index (Phi) is 6.69. The maximum atomic E-state index is 13.9. The van der Waals surface area contributed by atoms with E-state index < -0.39 is 38.7 Å². The highest BCUT2D eigenvalue weighted by molar-refractivity contribution is 7.89. The van der Waals surface area contributed by atoms with Gasteiger partial charge in [-0.1, -0.05) is 35.9 Å². The maximum Gasteiger partial charge on any atom is 0.244 e. The fraction of sp³-hybridized carbons (Fsp3) is 0.150. The van der Waals surface area contributed by atoms with Gasteiger partial charge in [0.15, 0.2) is 0 Å². The van der Waals surface area contributed by atoms with Gasteiger partial charge < -0.3 is 5.32 Å². The van der Waals surface area contributed by atoms with Crippen LogP contribution in [0.5, 0.6) is 0 Å². The quantitative estimate of drug-likeness (QED) is 0.566. The molecule has 2 aromatic carbocycles. The predicted molar refractivity (Wildman–Crippen MR) is 112 cm³/mol. The van der Waals surface area contributed by atoms with Crippen LogP contribution in [-0.2, 0) is 14.8 Å². The smallest absolute Gasteiger partial charge is 0.244 e. The van der Waals surface area contributed by atoms with E-state index in [1.165, 1.54) is 30.4 Å². The number of nitrogens with one attached hydrogen (secondary N) is 2. The van der Waals surface area contributed by atoms with E-state index in [9.17, 15) is 17.6 Å². The van der Waals surface area contributed by atoms with E-state index in [2.05, 4.69) is 10.0 Å². The summed E-state index contributed by atoms with van der Waals surface area (Å²) in [5, 5.41) is 7.19. The number of halogens is 2. The molecule has 3 rings (SSSR count). The van der Waals surface area contributed by atoms with Crippen LogP contribution in [0.15, 0.2) is 70.3 Å². The molecule has 1 unspecified atom stereocenters. The molecule has 0 saturated carbocycles. The van der Waals surface area contributed by atoms with Gasteiger partial charge in [0.2, 0.25) is 15.9 Å². The Balaban J connectivity index is 1.79. The van der Waals surface area contributed by atoms with Crippen molar-refractivity contribution in [3.05, 3.63) is 87.3 Å². The van der Waals surface area contributed by atoms with Crippen molar-refractivity contribution in [3.8, 4) is 0 Å². The molecule has 2 atom stereocenters. The topological polar surface area (TPSA) is 75.3 Å². The first-order chi connectivity index (χ1) is 13.8. The summed E-state index contributed by atoms with van der Waals surface area (Å²) < 4.78 is 41.0. The summed E-state index contributed by atoms with van der Waals surface area (Å²) in [6.45, 7) is 1.40. The van der Waals surface area contributed by atoms with E-state index in [4.69, 9.17) is 11.6 Å². The summed E-state index contributed by atoms with van der Waals surface area (Å²) >= 11 is 7.43. The van der Waals surface area contributed by atoms with Crippen molar-refractivity contribution < 1.29 is 17.6 Å². The molecule has 0 bridgehead atoms.